The molecule has 0 aromatic carbocycles. The molecule has 2 heterocycles. The first-order valence-electron chi connectivity index (χ1n) is 13.6. The minimum Gasteiger partial charge on any atom is -0.477 e. The van der Waals surface area contributed by atoms with Crippen LogP contribution in [0.15, 0.2) is 17.7 Å². The van der Waals surface area contributed by atoms with Crippen LogP contribution in [0.4, 0.5) is 5.69 Å². The fourth-order valence-corrected chi connectivity index (χ4v) is 6.51. The summed E-state index contributed by atoms with van der Waals surface area (Å²) in [6, 6.07) is 1.78. The van der Waals surface area contributed by atoms with Crippen molar-refractivity contribution >= 4 is 28.9 Å². The predicted molar refractivity (Wildman–Crippen MR) is 147 cm³/mol. The summed E-state index contributed by atoms with van der Waals surface area (Å²) in [5.74, 6) is 5.47. The van der Waals surface area contributed by atoms with E-state index in [1.54, 1.807) is 0 Å². The largest absolute Gasteiger partial charge is 0.477 e. The van der Waals surface area contributed by atoms with Crippen molar-refractivity contribution in [3.63, 3.8) is 0 Å². The van der Waals surface area contributed by atoms with E-state index in [9.17, 15) is 14.7 Å². The van der Waals surface area contributed by atoms with Crippen LogP contribution in [0.2, 0.25) is 0 Å². The Morgan fingerprint density at radius 1 is 1.16 bits per heavy atom. The van der Waals surface area contributed by atoms with Crippen molar-refractivity contribution in [2.45, 2.75) is 97.8 Å². The van der Waals surface area contributed by atoms with Gasteiger partial charge in [0.1, 0.15) is 4.88 Å². The Bertz CT molecular complexity index is 1070. The van der Waals surface area contributed by atoms with Crippen LogP contribution in [0.1, 0.15) is 94.1 Å². The summed E-state index contributed by atoms with van der Waals surface area (Å²) in [5, 5.41) is 10.1. The second-order valence-corrected chi connectivity index (χ2v) is 13.0. The van der Waals surface area contributed by atoms with E-state index in [1.165, 1.54) is 16.9 Å². The zero-order valence-corrected chi connectivity index (χ0v) is 23.7. The molecule has 7 heteroatoms. The van der Waals surface area contributed by atoms with Crippen molar-refractivity contribution < 1.29 is 24.2 Å². The van der Waals surface area contributed by atoms with Crippen LogP contribution in [-0.2, 0) is 14.3 Å². The fraction of sp³-hybridized carbons (Fsp3) is 0.667. The molecule has 1 aromatic rings. The fourth-order valence-electron chi connectivity index (χ4n) is 5.67. The van der Waals surface area contributed by atoms with Crippen molar-refractivity contribution in [2.24, 2.45) is 17.3 Å². The van der Waals surface area contributed by atoms with Crippen LogP contribution in [0.25, 0.3) is 0 Å². The van der Waals surface area contributed by atoms with Gasteiger partial charge in [0.25, 0.3) is 0 Å². The number of anilines is 1. The number of amides is 1. The Morgan fingerprint density at radius 3 is 2.49 bits per heavy atom. The number of hydrogen-bond acceptors (Lipinski definition) is 5. The van der Waals surface area contributed by atoms with E-state index in [0.717, 1.165) is 45.1 Å². The molecule has 3 atom stereocenters. The quantitative estimate of drug-likeness (QED) is 0.348. The number of carboxylic acids is 1. The maximum absolute atomic E-state index is 14.2. The molecular formula is C30H41NO5S. The first-order chi connectivity index (χ1) is 17.5. The molecule has 202 valence electrons. The molecule has 1 aliphatic heterocycles. The van der Waals surface area contributed by atoms with E-state index in [-0.39, 0.29) is 46.3 Å². The first kappa shape index (κ1) is 27.9. The van der Waals surface area contributed by atoms with Gasteiger partial charge in [-0.1, -0.05) is 30.4 Å². The van der Waals surface area contributed by atoms with Crippen LogP contribution in [0, 0.1) is 29.1 Å². The molecule has 1 saturated carbocycles. The Morgan fingerprint density at radius 2 is 1.89 bits per heavy atom. The molecular weight excluding hydrogens is 486 g/mol. The van der Waals surface area contributed by atoms with E-state index in [1.807, 2.05) is 31.7 Å². The maximum Gasteiger partial charge on any atom is 0.348 e. The molecule has 1 saturated heterocycles. The van der Waals surface area contributed by atoms with E-state index in [2.05, 4.69) is 31.8 Å². The highest BCUT2D eigenvalue weighted by Crippen LogP contribution is 2.39. The third-order valence-electron chi connectivity index (χ3n) is 7.61. The molecule has 1 amide bonds. The molecule has 2 aliphatic carbocycles. The van der Waals surface area contributed by atoms with Crippen LogP contribution < -0.4 is 4.90 Å². The van der Waals surface area contributed by atoms with Gasteiger partial charge in [-0.15, -0.1) is 11.3 Å². The van der Waals surface area contributed by atoms with Crippen molar-refractivity contribution in [1.29, 1.82) is 0 Å². The van der Waals surface area contributed by atoms with Gasteiger partial charge in [-0.2, -0.15) is 0 Å². The predicted octanol–water partition coefficient (Wildman–Crippen LogP) is 6.29. The van der Waals surface area contributed by atoms with E-state index in [0.29, 0.717) is 23.6 Å². The highest BCUT2D eigenvalue weighted by atomic mass is 32.1. The minimum absolute atomic E-state index is 0.0421. The smallest absolute Gasteiger partial charge is 0.348 e. The number of thiophene rings is 1. The monoisotopic (exact) mass is 527 g/mol. The lowest BCUT2D eigenvalue weighted by Gasteiger charge is -2.40. The summed E-state index contributed by atoms with van der Waals surface area (Å²) in [6.07, 6.45) is 8.31. The highest BCUT2D eigenvalue weighted by Gasteiger charge is 2.39. The molecule has 3 aliphatic rings. The normalized spacial score (nSPS) is 28.2. The van der Waals surface area contributed by atoms with Gasteiger partial charge in [-0.3, -0.25) is 4.79 Å². The Hall–Kier alpha value is -2.14. The molecule has 6 nitrogen and oxygen atoms in total. The minimum atomic E-state index is -1.01. The van der Waals surface area contributed by atoms with E-state index in [4.69, 9.17) is 9.47 Å². The number of aromatic carboxylic acids is 1. The summed E-state index contributed by atoms with van der Waals surface area (Å²) < 4.78 is 11.7. The van der Waals surface area contributed by atoms with Gasteiger partial charge in [0.05, 0.1) is 29.4 Å². The SMILES string of the molecule is CC1=CC[C@@H](C(=O)N(c2cc(C#CC(C)(C)C)sc2C(=O)O)[C@H]2CC[C@H](O[C@@H]3CCOC3)CC2)[C@@H](C)C1. The van der Waals surface area contributed by atoms with Gasteiger partial charge in [-0.05, 0) is 84.6 Å². The molecule has 0 bridgehead atoms. The molecule has 1 N–H and O–H groups in total. The van der Waals surface area contributed by atoms with Crippen molar-refractivity contribution in [3.8, 4) is 11.8 Å². The number of rotatable bonds is 6. The number of ether oxygens (including phenoxy) is 2. The molecule has 1 aromatic heterocycles. The maximum atomic E-state index is 14.2. The second-order valence-electron chi connectivity index (χ2n) is 12.0. The van der Waals surface area contributed by atoms with Crippen molar-refractivity contribution in [2.75, 3.05) is 18.1 Å². The van der Waals surface area contributed by atoms with Gasteiger partial charge in [0, 0.05) is 24.0 Å². The lowest BCUT2D eigenvalue weighted by atomic mass is 9.79. The van der Waals surface area contributed by atoms with Crippen molar-refractivity contribution in [1.82, 2.24) is 0 Å². The topological polar surface area (TPSA) is 76.1 Å². The Kier molecular flexibility index (Phi) is 8.83. The van der Waals surface area contributed by atoms with E-state index >= 15 is 0 Å². The zero-order chi connectivity index (χ0) is 26.7. The molecule has 37 heavy (non-hydrogen) atoms. The average Bonchev–Trinajstić information content (AvgIpc) is 3.49. The van der Waals surface area contributed by atoms with Gasteiger partial charge >= 0.3 is 5.97 Å². The molecule has 0 unspecified atom stereocenters. The highest BCUT2D eigenvalue weighted by molar-refractivity contribution is 7.15. The second kappa shape index (κ2) is 11.7. The first-order valence-corrected chi connectivity index (χ1v) is 14.5. The lowest BCUT2D eigenvalue weighted by molar-refractivity contribution is -0.124. The summed E-state index contributed by atoms with van der Waals surface area (Å²) in [5.41, 5.74) is 1.62. The van der Waals surface area contributed by atoms with Crippen LogP contribution >= 0.6 is 11.3 Å². The number of allylic oxidation sites excluding steroid dienone is 2. The van der Waals surface area contributed by atoms with Crippen LogP contribution in [0.3, 0.4) is 0 Å². The van der Waals surface area contributed by atoms with Crippen LogP contribution in [0.5, 0.6) is 0 Å². The zero-order valence-electron chi connectivity index (χ0n) is 22.8. The van der Waals surface area contributed by atoms with Gasteiger partial charge in [-0.25, -0.2) is 4.79 Å². The number of nitrogens with zero attached hydrogens (tertiary/aromatic N) is 1. The summed E-state index contributed by atoms with van der Waals surface area (Å²) >= 11 is 1.17. The van der Waals surface area contributed by atoms with Gasteiger partial charge < -0.3 is 19.5 Å². The third-order valence-corrected chi connectivity index (χ3v) is 8.64. The third kappa shape index (κ3) is 7.04. The summed E-state index contributed by atoms with van der Waals surface area (Å²) in [4.78, 5) is 29.3. The van der Waals surface area contributed by atoms with Gasteiger partial charge in [0.15, 0.2) is 0 Å². The number of carboxylic acid groups (broad SMARTS) is 1. The summed E-state index contributed by atoms with van der Waals surface area (Å²) in [7, 11) is 0. The molecule has 0 radical (unpaired) electrons. The number of hydrogen-bond donors (Lipinski definition) is 1. The standard InChI is InChI=1S/C30H41NO5S/c1-19-6-11-25(20(2)16-19)28(32)31(21-7-9-22(10-8-21)36-23-13-15-35-18-23)26-17-24(12-14-30(3,4)5)37-27(26)29(33)34/h6,17,20-23,25H,7-11,13,15-16,18H2,1-5H3,(H,33,34)/t20-,21-,22-,23+,25+/m0/s1. The van der Waals surface area contributed by atoms with Gasteiger partial charge in [0.2, 0.25) is 5.91 Å². The Labute approximate surface area is 225 Å². The van der Waals surface area contributed by atoms with Crippen LogP contribution in [-0.4, -0.2) is 48.4 Å². The number of carbonyl (C=O) groups excluding carboxylic acids is 1. The molecule has 2 fully saturated rings. The molecule has 4 rings (SSSR count). The summed E-state index contributed by atoms with van der Waals surface area (Å²) in [6.45, 7) is 11.8. The van der Waals surface area contributed by atoms with Crippen molar-refractivity contribution in [3.05, 3.63) is 27.5 Å². The average molecular weight is 528 g/mol. The molecule has 0 spiro atoms. The lowest BCUT2D eigenvalue weighted by Crippen LogP contribution is -2.48. The Balaban J connectivity index is 1.63. The number of carbonyl (C=O) groups is 2. The van der Waals surface area contributed by atoms with E-state index < -0.39 is 5.97 Å².